The molecule has 16 heavy (non-hydrogen) atoms. The summed E-state index contributed by atoms with van der Waals surface area (Å²) in [6, 6.07) is 2.14. The van der Waals surface area contributed by atoms with Crippen molar-refractivity contribution in [1.29, 1.82) is 0 Å². The molecule has 2 rings (SSSR count). The lowest BCUT2D eigenvalue weighted by atomic mass is 9.90. The second kappa shape index (κ2) is 5.19. The van der Waals surface area contributed by atoms with E-state index >= 15 is 0 Å². The lowest BCUT2D eigenvalue weighted by Gasteiger charge is -2.26. The molecule has 0 aromatic carbocycles. The van der Waals surface area contributed by atoms with Crippen molar-refractivity contribution in [2.24, 2.45) is 5.92 Å². The van der Waals surface area contributed by atoms with Crippen molar-refractivity contribution in [1.82, 2.24) is 0 Å². The minimum Gasteiger partial charge on any atom is -0.390 e. The fourth-order valence-electron chi connectivity index (χ4n) is 2.51. The molecular formula is C13H19BrOS. The molecule has 0 bridgehead atoms. The monoisotopic (exact) mass is 302 g/mol. The Kier molecular flexibility index (Phi) is 4.09. The maximum absolute atomic E-state index is 10.6. The van der Waals surface area contributed by atoms with Crippen molar-refractivity contribution in [2.75, 3.05) is 0 Å². The van der Waals surface area contributed by atoms with Crippen molar-refractivity contribution in [3.8, 4) is 0 Å². The Morgan fingerprint density at radius 2 is 2.31 bits per heavy atom. The van der Waals surface area contributed by atoms with Crippen molar-refractivity contribution in [3.05, 3.63) is 20.8 Å². The van der Waals surface area contributed by atoms with Crippen LogP contribution < -0.4 is 0 Å². The number of hydrogen-bond donors (Lipinski definition) is 1. The van der Waals surface area contributed by atoms with Crippen LogP contribution in [0.1, 0.15) is 43.9 Å². The van der Waals surface area contributed by atoms with Crippen LogP contribution in [0.2, 0.25) is 0 Å². The molecule has 1 aromatic heterocycles. The summed E-state index contributed by atoms with van der Waals surface area (Å²) < 4.78 is 1.14. The van der Waals surface area contributed by atoms with Gasteiger partial charge in [-0.1, -0.05) is 19.8 Å². The largest absolute Gasteiger partial charge is 0.390 e. The summed E-state index contributed by atoms with van der Waals surface area (Å²) in [7, 11) is 0. The molecule has 2 unspecified atom stereocenters. The molecule has 0 spiro atoms. The minimum absolute atomic E-state index is 0.449. The Bertz CT molecular complexity index is 349. The van der Waals surface area contributed by atoms with E-state index in [1.54, 1.807) is 11.3 Å². The molecular weight excluding hydrogens is 284 g/mol. The van der Waals surface area contributed by atoms with E-state index in [0.29, 0.717) is 0 Å². The van der Waals surface area contributed by atoms with E-state index in [-0.39, 0.29) is 0 Å². The Balaban J connectivity index is 2.01. The fourth-order valence-corrected chi connectivity index (χ4v) is 4.10. The van der Waals surface area contributed by atoms with Crippen LogP contribution in [-0.2, 0) is 6.42 Å². The number of halogens is 1. The van der Waals surface area contributed by atoms with Gasteiger partial charge in [0, 0.05) is 21.2 Å². The van der Waals surface area contributed by atoms with E-state index in [9.17, 15) is 5.11 Å². The molecule has 0 radical (unpaired) electrons. The van der Waals surface area contributed by atoms with Gasteiger partial charge in [-0.05, 0) is 47.2 Å². The van der Waals surface area contributed by atoms with Gasteiger partial charge in [-0.2, -0.15) is 0 Å². The zero-order valence-electron chi connectivity index (χ0n) is 9.71. The van der Waals surface area contributed by atoms with Gasteiger partial charge in [-0.25, -0.2) is 0 Å². The minimum atomic E-state index is -0.449. The van der Waals surface area contributed by atoms with Gasteiger partial charge in [0.25, 0.3) is 0 Å². The van der Waals surface area contributed by atoms with Crippen LogP contribution in [0.3, 0.4) is 0 Å². The highest BCUT2D eigenvalue weighted by Crippen LogP contribution is 2.34. The smallest absolute Gasteiger partial charge is 0.0696 e. The van der Waals surface area contributed by atoms with Crippen molar-refractivity contribution in [3.63, 3.8) is 0 Å². The number of hydrogen-bond acceptors (Lipinski definition) is 2. The molecule has 0 amide bonds. The summed E-state index contributed by atoms with van der Waals surface area (Å²) in [5.74, 6) is 0.782. The van der Waals surface area contributed by atoms with E-state index in [0.717, 1.165) is 29.7 Å². The summed E-state index contributed by atoms with van der Waals surface area (Å²) in [5, 5.41) is 12.7. The van der Waals surface area contributed by atoms with Gasteiger partial charge in [0.1, 0.15) is 0 Å². The third-order valence-corrected chi connectivity index (χ3v) is 5.26. The third kappa shape index (κ3) is 3.31. The van der Waals surface area contributed by atoms with E-state index < -0.39 is 5.60 Å². The van der Waals surface area contributed by atoms with Gasteiger partial charge in [0.2, 0.25) is 0 Å². The Morgan fingerprint density at radius 3 is 3.00 bits per heavy atom. The summed E-state index contributed by atoms with van der Waals surface area (Å²) in [4.78, 5) is 1.30. The van der Waals surface area contributed by atoms with Crippen LogP contribution in [0.25, 0.3) is 0 Å². The zero-order chi connectivity index (χ0) is 11.6. The Hall–Kier alpha value is 0.140. The number of thiophene rings is 1. The zero-order valence-corrected chi connectivity index (χ0v) is 12.1. The summed E-state index contributed by atoms with van der Waals surface area (Å²) >= 11 is 5.21. The van der Waals surface area contributed by atoms with Gasteiger partial charge in [0.15, 0.2) is 0 Å². The Labute approximate surface area is 110 Å². The predicted molar refractivity (Wildman–Crippen MR) is 72.9 cm³/mol. The molecule has 1 aromatic rings. The first kappa shape index (κ1) is 12.6. The van der Waals surface area contributed by atoms with E-state index in [2.05, 4.69) is 34.3 Å². The first-order valence-corrected chi connectivity index (χ1v) is 7.70. The second-order valence-corrected chi connectivity index (χ2v) is 7.08. The van der Waals surface area contributed by atoms with Crippen molar-refractivity contribution in [2.45, 2.75) is 51.0 Å². The molecule has 0 aliphatic heterocycles. The first-order chi connectivity index (χ1) is 7.57. The molecule has 1 aliphatic carbocycles. The second-order valence-electron chi connectivity index (χ2n) is 5.17. The molecule has 1 nitrogen and oxygen atoms in total. The lowest BCUT2D eigenvalue weighted by molar-refractivity contribution is 0.0251. The van der Waals surface area contributed by atoms with Gasteiger partial charge < -0.3 is 5.11 Å². The van der Waals surface area contributed by atoms with Crippen LogP contribution in [0.5, 0.6) is 0 Å². The van der Waals surface area contributed by atoms with E-state index in [1.807, 2.05) is 0 Å². The van der Waals surface area contributed by atoms with Crippen LogP contribution in [-0.4, -0.2) is 10.7 Å². The molecule has 1 N–H and O–H groups in total. The highest BCUT2D eigenvalue weighted by Gasteiger charge is 2.30. The molecule has 1 aliphatic rings. The molecule has 2 atom stereocenters. The van der Waals surface area contributed by atoms with Gasteiger partial charge in [0.05, 0.1) is 5.60 Å². The molecule has 1 heterocycles. The summed E-state index contributed by atoms with van der Waals surface area (Å²) in [5.41, 5.74) is -0.449. The molecule has 1 fully saturated rings. The SMILES string of the molecule is CC1CCCC(O)(Cc2cc(Br)cs2)CC1. The summed E-state index contributed by atoms with van der Waals surface area (Å²) in [6.45, 7) is 2.30. The first-order valence-electron chi connectivity index (χ1n) is 6.03. The number of rotatable bonds is 2. The summed E-state index contributed by atoms with van der Waals surface area (Å²) in [6.07, 6.45) is 6.37. The highest BCUT2D eigenvalue weighted by molar-refractivity contribution is 9.10. The molecule has 3 heteroatoms. The normalized spacial score (nSPS) is 31.3. The standard InChI is InChI=1S/C13H19BrOS/c1-10-3-2-5-13(15,6-4-10)8-12-7-11(14)9-16-12/h7,9-10,15H,2-6,8H2,1H3. The van der Waals surface area contributed by atoms with Crippen LogP contribution in [0.4, 0.5) is 0 Å². The van der Waals surface area contributed by atoms with E-state index in [4.69, 9.17) is 0 Å². The number of aliphatic hydroxyl groups is 1. The highest BCUT2D eigenvalue weighted by atomic mass is 79.9. The molecule has 0 saturated heterocycles. The van der Waals surface area contributed by atoms with Crippen molar-refractivity contribution >= 4 is 27.3 Å². The topological polar surface area (TPSA) is 20.2 Å². The maximum atomic E-state index is 10.6. The average molecular weight is 303 g/mol. The van der Waals surface area contributed by atoms with Gasteiger partial charge in [-0.15, -0.1) is 11.3 Å². The lowest BCUT2D eigenvalue weighted by Crippen LogP contribution is -2.30. The van der Waals surface area contributed by atoms with Crippen LogP contribution >= 0.6 is 27.3 Å². The Morgan fingerprint density at radius 1 is 1.50 bits per heavy atom. The third-order valence-electron chi connectivity index (χ3n) is 3.57. The van der Waals surface area contributed by atoms with Crippen LogP contribution in [0, 0.1) is 5.92 Å². The average Bonchev–Trinajstić information content (AvgIpc) is 2.53. The fraction of sp³-hybridized carbons (Fsp3) is 0.692. The van der Waals surface area contributed by atoms with Gasteiger partial charge in [-0.3, -0.25) is 0 Å². The molecule has 1 saturated carbocycles. The van der Waals surface area contributed by atoms with E-state index in [1.165, 1.54) is 24.1 Å². The van der Waals surface area contributed by atoms with Gasteiger partial charge >= 0.3 is 0 Å². The predicted octanol–water partition coefficient (Wildman–Crippen LogP) is 4.38. The molecule has 90 valence electrons. The van der Waals surface area contributed by atoms with Crippen LogP contribution in [0.15, 0.2) is 15.9 Å². The quantitative estimate of drug-likeness (QED) is 0.804. The van der Waals surface area contributed by atoms with Crippen molar-refractivity contribution < 1.29 is 5.11 Å². The maximum Gasteiger partial charge on any atom is 0.0696 e.